The summed E-state index contributed by atoms with van der Waals surface area (Å²) in [5.74, 6) is 2.48. The Hall–Kier alpha value is -3.55. The molecular weight excluding hydrogens is 368 g/mol. The molecule has 0 amide bonds. The van der Waals surface area contributed by atoms with Crippen molar-refractivity contribution in [2.45, 2.75) is 12.8 Å². The highest BCUT2D eigenvalue weighted by atomic mass is 16.6. The molecule has 29 heavy (non-hydrogen) atoms. The fourth-order valence-electron chi connectivity index (χ4n) is 3.55. The van der Waals surface area contributed by atoms with Crippen LogP contribution < -0.4 is 25.0 Å². The van der Waals surface area contributed by atoms with Crippen molar-refractivity contribution in [2.24, 2.45) is 0 Å². The SMILES string of the molecule is c1cc(N2CCCC2)ccc1Nc1cnnc(Nc2ccc3c(c2)OCCO3)n1. The Morgan fingerprint density at radius 3 is 2.41 bits per heavy atom. The summed E-state index contributed by atoms with van der Waals surface area (Å²) in [6, 6.07) is 14.0. The van der Waals surface area contributed by atoms with Crippen molar-refractivity contribution in [3.63, 3.8) is 0 Å². The number of fused-ring (bicyclic) bond motifs is 1. The molecule has 1 aromatic heterocycles. The van der Waals surface area contributed by atoms with Crippen molar-refractivity contribution in [3.05, 3.63) is 48.7 Å². The first-order valence-corrected chi connectivity index (χ1v) is 9.82. The maximum Gasteiger partial charge on any atom is 0.249 e. The average Bonchev–Trinajstić information content (AvgIpc) is 3.29. The molecule has 0 spiro atoms. The maximum atomic E-state index is 5.61. The van der Waals surface area contributed by atoms with E-state index in [0.29, 0.717) is 30.7 Å². The van der Waals surface area contributed by atoms with Crippen molar-refractivity contribution >= 4 is 28.8 Å². The molecule has 0 aliphatic carbocycles. The van der Waals surface area contributed by atoms with E-state index < -0.39 is 0 Å². The van der Waals surface area contributed by atoms with Gasteiger partial charge >= 0.3 is 0 Å². The highest BCUT2D eigenvalue weighted by Crippen LogP contribution is 2.33. The Bertz CT molecular complexity index is 989. The first-order chi connectivity index (χ1) is 14.3. The van der Waals surface area contributed by atoms with Crippen LogP contribution in [0.5, 0.6) is 11.5 Å². The van der Waals surface area contributed by atoms with Crippen LogP contribution in [0.1, 0.15) is 12.8 Å². The van der Waals surface area contributed by atoms with Gasteiger partial charge < -0.3 is 25.0 Å². The number of rotatable bonds is 5. The lowest BCUT2D eigenvalue weighted by Gasteiger charge is -2.19. The number of hydrogen-bond acceptors (Lipinski definition) is 8. The van der Waals surface area contributed by atoms with Gasteiger partial charge in [0.05, 0.1) is 6.20 Å². The zero-order chi connectivity index (χ0) is 19.5. The monoisotopic (exact) mass is 390 g/mol. The van der Waals surface area contributed by atoms with Crippen LogP contribution in [0.4, 0.5) is 28.8 Å². The third-order valence-corrected chi connectivity index (χ3v) is 4.97. The molecule has 148 valence electrons. The quantitative estimate of drug-likeness (QED) is 0.682. The summed E-state index contributed by atoms with van der Waals surface area (Å²) in [5, 5.41) is 14.5. The van der Waals surface area contributed by atoms with Gasteiger partial charge in [-0.3, -0.25) is 0 Å². The molecule has 0 saturated carbocycles. The van der Waals surface area contributed by atoms with E-state index in [1.807, 2.05) is 18.2 Å². The van der Waals surface area contributed by atoms with Crippen LogP contribution >= 0.6 is 0 Å². The Morgan fingerprint density at radius 1 is 0.828 bits per heavy atom. The molecule has 0 unspecified atom stereocenters. The molecule has 8 nitrogen and oxygen atoms in total. The third-order valence-electron chi connectivity index (χ3n) is 4.97. The summed E-state index contributed by atoms with van der Waals surface area (Å²) in [4.78, 5) is 6.91. The molecule has 2 N–H and O–H groups in total. The summed E-state index contributed by atoms with van der Waals surface area (Å²) in [6.07, 6.45) is 4.14. The van der Waals surface area contributed by atoms with Crippen molar-refractivity contribution in [1.82, 2.24) is 15.2 Å². The van der Waals surface area contributed by atoms with Gasteiger partial charge in [-0.05, 0) is 49.2 Å². The second-order valence-corrected chi connectivity index (χ2v) is 7.01. The average molecular weight is 390 g/mol. The van der Waals surface area contributed by atoms with Gasteiger partial charge in [0, 0.05) is 36.2 Å². The smallest absolute Gasteiger partial charge is 0.249 e. The molecule has 1 fully saturated rings. The van der Waals surface area contributed by atoms with E-state index in [1.54, 1.807) is 6.20 Å². The van der Waals surface area contributed by atoms with Crippen LogP contribution in [0.15, 0.2) is 48.7 Å². The van der Waals surface area contributed by atoms with Gasteiger partial charge in [0.2, 0.25) is 5.95 Å². The molecule has 2 aromatic carbocycles. The minimum Gasteiger partial charge on any atom is -0.486 e. The van der Waals surface area contributed by atoms with E-state index in [0.717, 1.165) is 30.2 Å². The Labute approximate surface area is 168 Å². The molecule has 0 atom stereocenters. The third kappa shape index (κ3) is 4.01. The lowest BCUT2D eigenvalue weighted by atomic mass is 10.2. The van der Waals surface area contributed by atoms with Gasteiger partial charge in [0.1, 0.15) is 13.2 Å². The number of hydrogen-bond donors (Lipinski definition) is 2. The van der Waals surface area contributed by atoms with E-state index in [-0.39, 0.29) is 0 Å². The highest BCUT2D eigenvalue weighted by Gasteiger charge is 2.13. The van der Waals surface area contributed by atoms with Crippen LogP contribution in [-0.4, -0.2) is 41.5 Å². The summed E-state index contributed by atoms with van der Waals surface area (Å²) >= 11 is 0. The van der Waals surface area contributed by atoms with E-state index in [1.165, 1.54) is 18.5 Å². The predicted octanol–water partition coefficient (Wildman–Crippen LogP) is 3.73. The zero-order valence-corrected chi connectivity index (χ0v) is 16.0. The van der Waals surface area contributed by atoms with Gasteiger partial charge in [0.15, 0.2) is 17.3 Å². The normalized spacial score (nSPS) is 15.2. The summed E-state index contributed by atoms with van der Waals surface area (Å²) in [6.45, 7) is 3.39. The molecule has 5 rings (SSSR count). The minimum absolute atomic E-state index is 0.403. The zero-order valence-electron chi connectivity index (χ0n) is 16.0. The van der Waals surface area contributed by atoms with Gasteiger partial charge in [0.25, 0.3) is 0 Å². The van der Waals surface area contributed by atoms with Gasteiger partial charge in [-0.25, -0.2) is 0 Å². The molecule has 1 saturated heterocycles. The van der Waals surface area contributed by atoms with Gasteiger partial charge in [-0.1, -0.05) is 0 Å². The number of nitrogens with one attached hydrogen (secondary N) is 2. The second-order valence-electron chi connectivity index (χ2n) is 7.01. The standard InChI is InChI=1S/C21H22N6O2/c1-2-10-27(9-1)17-6-3-15(4-7-17)23-20-14-22-26-21(25-20)24-16-5-8-18-19(13-16)29-12-11-28-18/h3-8,13-14H,1-2,9-12H2,(H2,23,24,25,26). The second kappa shape index (κ2) is 7.83. The van der Waals surface area contributed by atoms with Crippen LogP contribution in [-0.2, 0) is 0 Å². The Kier molecular flexibility index (Phi) is 4.73. The summed E-state index contributed by atoms with van der Waals surface area (Å²) in [5.41, 5.74) is 3.02. The van der Waals surface area contributed by atoms with E-state index >= 15 is 0 Å². The summed E-state index contributed by atoms with van der Waals surface area (Å²) in [7, 11) is 0. The van der Waals surface area contributed by atoms with Crippen LogP contribution in [0.2, 0.25) is 0 Å². The minimum atomic E-state index is 0.403. The molecule has 3 aromatic rings. The number of ether oxygens (including phenoxy) is 2. The van der Waals surface area contributed by atoms with Gasteiger partial charge in [-0.15, -0.1) is 5.10 Å². The maximum absolute atomic E-state index is 5.61. The van der Waals surface area contributed by atoms with Crippen molar-refractivity contribution in [2.75, 3.05) is 41.8 Å². The highest BCUT2D eigenvalue weighted by molar-refractivity contribution is 5.63. The molecule has 2 aliphatic heterocycles. The predicted molar refractivity (Wildman–Crippen MR) is 112 cm³/mol. The lowest BCUT2D eigenvalue weighted by Crippen LogP contribution is -2.17. The Morgan fingerprint density at radius 2 is 1.59 bits per heavy atom. The molecule has 3 heterocycles. The lowest BCUT2D eigenvalue weighted by molar-refractivity contribution is 0.171. The molecule has 0 radical (unpaired) electrons. The summed E-state index contributed by atoms with van der Waals surface area (Å²) < 4.78 is 11.2. The Balaban J connectivity index is 1.27. The first kappa shape index (κ1) is 17.5. The van der Waals surface area contributed by atoms with E-state index in [9.17, 15) is 0 Å². The van der Waals surface area contributed by atoms with Crippen molar-refractivity contribution < 1.29 is 9.47 Å². The van der Waals surface area contributed by atoms with Crippen LogP contribution in [0.25, 0.3) is 0 Å². The van der Waals surface area contributed by atoms with Crippen LogP contribution in [0, 0.1) is 0 Å². The molecular formula is C21H22N6O2. The molecule has 8 heteroatoms. The van der Waals surface area contributed by atoms with Crippen molar-refractivity contribution in [1.29, 1.82) is 0 Å². The number of aromatic nitrogens is 3. The fraction of sp³-hybridized carbons (Fsp3) is 0.286. The first-order valence-electron chi connectivity index (χ1n) is 9.82. The number of benzene rings is 2. The van der Waals surface area contributed by atoms with Gasteiger partial charge in [-0.2, -0.15) is 10.1 Å². The molecule has 0 bridgehead atoms. The largest absolute Gasteiger partial charge is 0.486 e. The van der Waals surface area contributed by atoms with E-state index in [4.69, 9.17) is 9.47 Å². The van der Waals surface area contributed by atoms with Crippen LogP contribution in [0.3, 0.4) is 0 Å². The van der Waals surface area contributed by atoms with Crippen molar-refractivity contribution in [3.8, 4) is 11.5 Å². The topological polar surface area (TPSA) is 84.4 Å². The number of nitrogens with zero attached hydrogens (tertiary/aromatic N) is 4. The fourth-order valence-corrected chi connectivity index (χ4v) is 3.55. The van der Waals surface area contributed by atoms with E-state index in [2.05, 4.69) is 55.0 Å². The molecule has 2 aliphatic rings. The number of anilines is 5.